The molecule has 10 heteroatoms. The zero-order chi connectivity index (χ0) is 24.6. The lowest BCUT2D eigenvalue weighted by atomic mass is 10.1. The molecule has 0 bridgehead atoms. The van der Waals surface area contributed by atoms with E-state index in [-0.39, 0.29) is 12.7 Å². The summed E-state index contributed by atoms with van der Waals surface area (Å²) in [6.45, 7) is 8.35. The molecular formula is C23H35N5O5. The number of aliphatic imine (C=N–C) groups is 1. The minimum absolute atomic E-state index is 0.0470. The smallest absolute Gasteiger partial charge is 0.410 e. The van der Waals surface area contributed by atoms with Crippen molar-refractivity contribution in [3.63, 3.8) is 0 Å². The van der Waals surface area contributed by atoms with Crippen molar-refractivity contribution >= 4 is 18.1 Å². The van der Waals surface area contributed by atoms with Crippen molar-refractivity contribution in [3.8, 4) is 17.6 Å². The Morgan fingerprint density at radius 2 is 1.94 bits per heavy atom. The number of hydrogen-bond donors (Lipinski definition) is 1. The minimum Gasteiger partial charge on any atom is -0.493 e. The van der Waals surface area contributed by atoms with Crippen molar-refractivity contribution in [2.75, 3.05) is 60.5 Å². The molecule has 1 aliphatic heterocycles. The third kappa shape index (κ3) is 8.44. The summed E-state index contributed by atoms with van der Waals surface area (Å²) >= 11 is 0. The Labute approximate surface area is 195 Å². The van der Waals surface area contributed by atoms with E-state index in [1.165, 1.54) is 7.11 Å². The lowest BCUT2D eigenvalue weighted by molar-refractivity contribution is 0.00706. The molecule has 0 radical (unpaired) electrons. The summed E-state index contributed by atoms with van der Waals surface area (Å²) in [4.78, 5) is 22.0. The lowest BCUT2D eigenvalue weighted by Crippen LogP contribution is -2.51. The molecule has 2 rings (SSSR count). The van der Waals surface area contributed by atoms with Gasteiger partial charge in [0.25, 0.3) is 0 Å². The van der Waals surface area contributed by atoms with Crippen molar-refractivity contribution < 1.29 is 24.1 Å². The molecule has 1 N–H and O–H groups in total. The van der Waals surface area contributed by atoms with Crippen LogP contribution in [0.4, 0.5) is 10.5 Å². The summed E-state index contributed by atoms with van der Waals surface area (Å²) in [5, 5.41) is 19.9. The molecule has 182 valence electrons. The van der Waals surface area contributed by atoms with Gasteiger partial charge in [-0.15, -0.1) is 0 Å². The van der Waals surface area contributed by atoms with E-state index in [0.29, 0.717) is 55.5 Å². The first-order chi connectivity index (χ1) is 15.5. The quantitative estimate of drug-likeness (QED) is 0.463. The predicted octanol–water partition coefficient (Wildman–Crippen LogP) is 2.08. The molecule has 0 spiro atoms. The second-order valence-corrected chi connectivity index (χ2v) is 9.07. The number of methoxy groups -OCH3 is 1. The number of aliphatic hydroxyl groups is 1. The molecule has 1 aliphatic rings. The maximum atomic E-state index is 12.2. The van der Waals surface area contributed by atoms with Crippen LogP contribution in [-0.4, -0.2) is 104 Å². The largest absolute Gasteiger partial charge is 0.493 e. The molecule has 1 amide bonds. The van der Waals surface area contributed by atoms with Crippen molar-refractivity contribution in [2.45, 2.75) is 32.5 Å². The zero-order valence-corrected chi connectivity index (χ0v) is 20.4. The van der Waals surface area contributed by atoms with Gasteiger partial charge in [-0.05, 0) is 20.8 Å². The van der Waals surface area contributed by atoms with Crippen LogP contribution in [0, 0.1) is 11.3 Å². The van der Waals surface area contributed by atoms with Crippen LogP contribution in [0.15, 0.2) is 17.1 Å². The molecule has 33 heavy (non-hydrogen) atoms. The molecule has 0 aromatic heterocycles. The summed E-state index contributed by atoms with van der Waals surface area (Å²) in [5.41, 5.74) is 0.293. The van der Waals surface area contributed by atoms with E-state index in [2.05, 4.69) is 16.0 Å². The fourth-order valence-corrected chi connectivity index (χ4v) is 3.17. The maximum Gasteiger partial charge on any atom is 0.410 e. The summed E-state index contributed by atoms with van der Waals surface area (Å²) < 4.78 is 16.6. The van der Waals surface area contributed by atoms with Gasteiger partial charge in [-0.2, -0.15) is 5.26 Å². The monoisotopic (exact) mass is 461 g/mol. The highest BCUT2D eigenvalue weighted by molar-refractivity contribution is 5.69. The molecule has 0 saturated carbocycles. The van der Waals surface area contributed by atoms with E-state index in [1.54, 1.807) is 28.3 Å². The number of aliphatic hydroxyl groups excluding tert-OH is 1. The van der Waals surface area contributed by atoms with Crippen molar-refractivity contribution in [2.24, 2.45) is 4.99 Å². The number of nitrogens with zero attached hydrogens (tertiary/aromatic N) is 5. The number of β-amino-alcohol motifs (C(OH)–C–C–N with tert-alkyl or cyclic N) is 1. The van der Waals surface area contributed by atoms with E-state index in [4.69, 9.17) is 14.2 Å². The van der Waals surface area contributed by atoms with Gasteiger partial charge in [0, 0.05) is 59.0 Å². The van der Waals surface area contributed by atoms with Crippen LogP contribution >= 0.6 is 0 Å². The highest BCUT2D eigenvalue weighted by Gasteiger charge is 2.26. The average Bonchev–Trinajstić information content (AvgIpc) is 2.75. The SMILES string of the molecule is COc1cc(C#N)c(N=CN(C)C)cc1OC[C@@H](O)CN1CCN(C(=O)OC(C)(C)C)CC1. The van der Waals surface area contributed by atoms with Gasteiger partial charge in [-0.3, -0.25) is 4.90 Å². The first-order valence-corrected chi connectivity index (χ1v) is 10.9. The third-order valence-electron chi connectivity index (χ3n) is 4.75. The van der Waals surface area contributed by atoms with E-state index >= 15 is 0 Å². The van der Waals surface area contributed by atoms with E-state index in [1.807, 2.05) is 34.9 Å². The number of amides is 1. The zero-order valence-electron chi connectivity index (χ0n) is 20.4. The number of carbonyl (C=O) groups excluding carboxylic acids is 1. The molecule has 0 unspecified atom stereocenters. The second kappa shape index (κ2) is 11.7. The second-order valence-electron chi connectivity index (χ2n) is 9.07. The lowest BCUT2D eigenvalue weighted by Gasteiger charge is -2.36. The van der Waals surface area contributed by atoms with Crippen LogP contribution < -0.4 is 9.47 Å². The van der Waals surface area contributed by atoms with Gasteiger partial charge >= 0.3 is 6.09 Å². The fourth-order valence-electron chi connectivity index (χ4n) is 3.17. The molecule has 1 fully saturated rings. The van der Waals surface area contributed by atoms with Gasteiger partial charge in [0.2, 0.25) is 0 Å². The van der Waals surface area contributed by atoms with Gasteiger partial charge in [-0.25, -0.2) is 9.79 Å². The highest BCUT2D eigenvalue weighted by atomic mass is 16.6. The number of benzene rings is 1. The summed E-state index contributed by atoms with van der Waals surface area (Å²) in [6, 6.07) is 5.30. The molecule has 1 atom stereocenters. The Morgan fingerprint density at radius 1 is 1.27 bits per heavy atom. The average molecular weight is 462 g/mol. The number of carbonyl (C=O) groups is 1. The summed E-state index contributed by atoms with van der Waals surface area (Å²) in [6.07, 6.45) is 0.539. The van der Waals surface area contributed by atoms with E-state index in [9.17, 15) is 15.2 Å². The third-order valence-corrected chi connectivity index (χ3v) is 4.75. The normalized spacial score (nSPS) is 15.8. The number of nitriles is 1. The number of hydrogen-bond acceptors (Lipinski definition) is 8. The minimum atomic E-state index is -0.743. The Bertz CT molecular complexity index is 867. The molecule has 10 nitrogen and oxygen atoms in total. The van der Waals surface area contributed by atoms with Crippen molar-refractivity contribution in [3.05, 3.63) is 17.7 Å². The van der Waals surface area contributed by atoms with Crippen LogP contribution in [0.3, 0.4) is 0 Å². The van der Waals surface area contributed by atoms with Crippen LogP contribution in [0.1, 0.15) is 26.3 Å². The Kier molecular flexibility index (Phi) is 9.32. The topological polar surface area (TPSA) is 111 Å². The van der Waals surface area contributed by atoms with Gasteiger partial charge in [0.05, 0.1) is 24.7 Å². The van der Waals surface area contributed by atoms with Gasteiger partial charge in [-0.1, -0.05) is 0 Å². The number of ether oxygens (including phenoxy) is 3. The fraction of sp³-hybridized carbons (Fsp3) is 0.609. The van der Waals surface area contributed by atoms with E-state index in [0.717, 1.165) is 0 Å². The molecule has 1 aromatic rings. The molecule has 1 saturated heterocycles. The maximum absolute atomic E-state index is 12.2. The highest BCUT2D eigenvalue weighted by Crippen LogP contribution is 2.34. The van der Waals surface area contributed by atoms with Crippen LogP contribution in [0.25, 0.3) is 0 Å². The number of piperazine rings is 1. The Morgan fingerprint density at radius 3 is 2.48 bits per heavy atom. The van der Waals surface area contributed by atoms with Gasteiger partial charge < -0.3 is 29.1 Å². The van der Waals surface area contributed by atoms with Crippen LogP contribution in [0.5, 0.6) is 11.5 Å². The van der Waals surface area contributed by atoms with Gasteiger partial charge in [0.1, 0.15) is 24.4 Å². The van der Waals surface area contributed by atoms with Crippen molar-refractivity contribution in [1.82, 2.24) is 14.7 Å². The Balaban J connectivity index is 1.92. The van der Waals surface area contributed by atoms with Gasteiger partial charge in [0.15, 0.2) is 11.5 Å². The summed E-state index contributed by atoms with van der Waals surface area (Å²) in [5.74, 6) is 0.796. The predicted molar refractivity (Wildman–Crippen MR) is 125 cm³/mol. The van der Waals surface area contributed by atoms with Crippen LogP contribution in [-0.2, 0) is 4.74 Å². The molecule has 0 aliphatic carbocycles. The summed E-state index contributed by atoms with van der Waals surface area (Å²) in [7, 11) is 5.16. The number of rotatable bonds is 8. The standard InChI is InChI=1S/C23H35N5O5/c1-23(2,3)33-22(30)28-9-7-27(8-10-28)14-18(29)15-32-21-12-19(25-16-26(4)5)17(13-24)11-20(21)31-6/h11-12,16,18,29H,7-10,14-15H2,1-6H3/t18-/m0/s1. The molecule has 1 aromatic carbocycles. The first-order valence-electron chi connectivity index (χ1n) is 10.9. The van der Waals surface area contributed by atoms with Crippen molar-refractivity contribution in [1.29, 1.82) is 5.26 Å². The Hall–Kier alpha value is -3.03. The van der Waals surface area contributed by atoms with E-state index < -0.39 is 11.7 Å². The van der Waals surface area contributed by atoms with Crippen LogP contribution in [0.2, 0.25) is 0 Å². The first kappa shape index (κ1) is 26.2. The molecular weight excluding hydrogens is 426 g/mol. The molecule has 1 heterocycles.